The van der Waals surface area contributed by atoms with Crippen LogP contribution in [0.5, 0.6) is 5.75 Å². The minimum absolute atomic E-state index is 0.0353. The molecular formula is C19H20ClFN2O4S. The molecule has 2 aromatic carbocycles. The first-order chi connectivity index (χ1) is 13.3. The predicted molar refractivity (Wildman–Crippen MR) is 103 cm³/mol. The number of hydrogen-bond donors (Lipinski definition) is 0. The Morgan fingerprint density at radius 3 is 2.18 bits per heavy atom. The maximum Gasteiger partial charge on any atom is 0.263 e. The van der Waals surface area contributed by atoms with Gasteiger partial charge in [-0.25, -0.2) is 12.8 Å². The van der Waals surface area contributed by atoms with Crippen molar-refractivity contribution in [3.63, 3.8) is 0 Å². The van der Waals surface area contributed by atoms with Gasteiger partial charge in [-0.05, 0) is 55.5 Å². The van der Waals surface area contributed by atoms with E-state index in [0.717, 1.165) is 12.1 Å². The third-order valence-electron chi connectivity index (χ3n) is 4.48. The Bertz CT molecular complexity index is 927. The maximum atomic E-state index is 13.0. The number of rotatable bonds is 5. The fourth-order valence-electron chi connectivity index (χ4n) is 2.93. The molecule has 1 aliphatic rings. The van der Waals surface area contributed by atoms with Gasteiger partial charge in [0.25, 0.3) is 5.91 Å². The van der Waals surface area contributed by atoms with Gasteiger partial charge >= 0.3 is 0 Å². The van der Waals surface area contributed by atoms with Gasteiger partial charge in [-0.2, -0.15) is 4.31 Å². The van der Waals surface area contributed by atoms with E-state index in [2.05, 4.69) is 0 Å². The van der Waals surface area contributed by atoms with Crippen molar-refractivity contribution in [1.82, 2.24) is 9.21 Å². The summed E-state index contributed by atoms with van der Waals surface area (Å²) in [6.45, 7) is 2.50. The third kappa shape index (κ3) is 4.63. The van der Waals surface area contributed by atoms with E-state index >= 15 is 0 Å². The second-order valence-corrected chi connectivity index (χ2v) is 8.77. The van der Waals surface area contributed by atoms with Gasteiger partial charge in [-0.15, -0.1) is 0 Å². The zero-order valence-electron chi connectivity index (χ0n) is 15.2. The quantitative estimate of drug-likeness (QED) is 0.737. The summed E-state index contributed by atoms with van der Waals surface area (Å²) in [6, 6.07) is 11.4. The van der Waals surface area contributed by atoms with Crippen molar-refractivity contribution in [3.05, 3.63) is 59.4 Å². The van der Waals surface area contributed by atoms with Gasteiger partial charge in [0.2, 0.25) is 10.0 Å². The number of nitrogens with zero attached hydrogens (tertiary/aromatic N) is 2. The highest BCUT2D eigenvalue weighted by Crippen LogP contribution is 2.20. The minimum Gasteiger partial charge on any atom is -0.481 e. The molecule has 9 heteroatoms. The fraction of sp³-hybridized carbons (Fsp3) is 0.316. The fourth-order valence-corrected chi connectivity index (χ4v) is 4.48. The summed E-state index contributed by atoms with van der Waals surface area (Å²) < 4.78 is 45.3. The van der Waals surface area contributed by atoms with Gasteiger partial charge in [0.1, 0.15) is 11.6 Å². The normalized spacial score (nSPS) is 16.6. The van der Waals surface area contributed by atoms with Crippen molar-refractivity contribution in [2.75, 3.05) is 26.2 Å². The zero-order chi connectivity index (χ0) is 20.3. The lowest BCUT2D eigenvalue weighted by Crippen LogP contribution is -2.53. The van der Waals surface area contributed by atoms with Crippen LogP contribution >= 0.6 is 11.6 Å². The summed E-state index contributed by atoms with van der Waals surface area (Å²) in [5, 5.41) is 0.574. The Labute approximate surface area is 168 Å². The lowest BCUT2D eigenvalue weighted by atomic mass is 10.2. The van der Waals surface area contributed by atoms with Crippen molar-refractivity contribution < 1.29 is 22.3 Å². The van der Waals surface area contributed by atoms with Crippen LogP contribution in [-0.2, 0) is 14.8 Å². The number of amides is 1. The van der Waals surface area contributed by atoms with E-state index in [1.165, 1.54) is 16.4 Å². The van der Waals surface area contributed by atoms with Crippen LogP contribution in [0.25, 0.3) is 0 Å². The first-order valence-corrected chi connectivity index (χ1v) is 10.6. The molecule has 1 saturated heterocycles. The first-order valence-electron chi connectivity index (χ1n) is 8.74. The van der Waals surface area contributed by atoms with Gasteiger partial charge in [-0.3, -0.25) is 4.79 Å². The molecule has 0 aromatic heterocycles. The molecule has 1 fully saturated rings. The van der Waals surface area contributed by atoms with Gasteiger partial charge in [0.05, 0.1) is 4.90 Å². The number of halogens is 2. The van der Waals surface area contributed by atoms with Crippen molar-refractivity contribution in [1.29, 1.82) is 0 Å². The van der Waals surface area contributed by atoms with E-state index in [0.29, 0.717) is 10.8 Å². The number of piperazine rings is 1. The summed E-state index contributed by atoms with van der Waals surface area (Å²) in [5.74, 6) is -0.180. The highest BCUT2D eigenvalue weighted by molar-refractivity contribution is 7.89. The number of carbonyl (C=O) groups is 1. The highest BCUT2D eigenvalue weighted by Gasteiger charge is 2.32. The molecule has 0 spiro atoms. The van der Waals surface area contributed by atoms with E-state index in [4.69, 9.17) is 16.3 Å². The van der Waals surface area contributed by atoms with Crippen LogP contribution in [0.15, 0.2) is 53.4 Å². The molecule has 0 N–H and O–H groups in total. The molecule has 1 atom stereocenters. The topological polar surface area (TPSA) is 66.9 Å². The van der Waals surface area contributed by atoms with E-state index < -0.39 is 21.9 Å². The average molecular weight is 427 g/mol. The van der Waals surface area contributed by atoms with Crippen molar-refractivity contribution >= 4 is 27.5 Å². The Balaban J connectivity index is 1.58. The Morgan fingerprint density at radius 2 is 1.61 bits per heavy atom. The Kier molecular flexibility index (Phi) is 6.22. The molecule has 6 nitrogen and oxygen atoms in total. The van der Waals surface area contributed by atoms with E-state index in [1.54, 1.807) is 36.1 Å². The summed E-state index contributed by atoms with van der Waals surface area (Å²) in [6.07, 6.45) is -0.707. The summed E-state index contributed by atoms with van der Waals surface area (Å²) >= 11 is 5.83. The van der Waals surface area contributed by atoms with Crippen LogP contribution in [0.4, 0.5) is 4.39 Å². The van der Waals surface area contributed by atoms with Gasteiger partial charge in [0.15, 0.2) is 6.10 Å². The van der Waals surface area contributed by atoms with Gasteiger partial charge < -0.3 is 9.64 Å². The molecule has 1 amide bonds. The van der Waals surface area contributed by atoms with Crippen LogP contribution in [0.2, 0.25) is 5.02 Å². The lowest BCUT2D eigenvalue weighted by Gasteiger charge is -2.35. The standard InChI is InChI=1S/C19H20ClFN2O4S/c1-14(27-17-6-2-15(20)3-7-17)19(24)22-10-12-23(13-11-22)28(25,26)18-8-4-16(21)5-9-18/h2-9,14H,10-13H2,1H3. The van der Waals surface area contributed by atoms with Crippen LogP contribution in [-0.4, -0.2) is 55.8 Å². The first kappa shape index (κ1) is 20.6. The van der Waals surface area contributed by atoms with Crippen LogP contribution in [0, 0.1) is 5.82 Å². The lowest BCUT2D eigenvalue weighted by molar-refractivity contribution is -0.139. The number of benzene rings is 2. The number of sulfonamides is 1. The second kappa shape index (κ2) is 8.46. The molecule has 3 rings (SSSR count). The van der Waals surface area contributed by atoms with Crippen molar-refractivity contribution in [2.24, 2.45) is 0 Å². The second-order valence-electron chi connectivity index (χ2n) is 6.40. The van der Waals surface area contributed by atoms with E-state index in [9.17, 15) is 17.6 Å². The summed E-state index contributed by atoms with van der Waals surface area (Å²) in [7, 11) is -3.72. The molecule has 150 valence electrons. The number of carbonyl (C=O) groups excluding carboxylic acids is 1. The zero-order valence-corrected chi connectivity index (χ0v) is 16.8. The van der Waals surface area contributed by atoms with E-state index in [-0.39, 0.29) is 37.0 Å². The maximum absolute atomic E-state index is 13.0. The van der Waals surface area contributed by atoms with Crippen LogP contribution in [0.3, 0.4) is 0 Å². The molecule has 0 saturated carbocycles. The van der Waals surface area contributed by atoms with Crippen molar-refractivity contribution in [2.45, 2.75) is 17.9 Å². The molecule has 0 bridgehead atoms. The van der Waals surface area contributed by atoms with E-state index in [1.807, 2.05) is 0 Å². The molecule has 1 aliphatic heterocycles. The molecule has 1 heterocycles. The monoisotopic (exact) mass is 426 g/mol. The molecule has 2 aromatic rings. The summed E-state index contributed by atoms with van der Waals surface area (Å²) in [5.41, 5.74) is 0. The molecule has 28 heavy (non-hydrogen) atoms. The molecule has 1 unspecified atom stereocenters. The number of ether oxygens (including phenoxy) is 1. The van der Waals surface area contributed by atoms with Crippen LogP contribution < -0.4 is 4.74 Å². The van der Waals surface area contributed by atoms with Crippen LogP contribution in [0.1, 0.15) is 6.92 Å². The molecule has 0 aliphatic carbocycles. The largest absolute Gasteiger partial charge is 0.481 e. The van der Waals surface area contributed by atoms with Gasteiger partial charge in [-0.1, -0.05) is 11.6 Å². The van der Waals surface area contributed by atoms with Crippen molar-refractivity contribution in [3.8, 4) is 5.75 Å². The number of hydrogen-bond acceptors (Lipinski definition) is 4. The SMILES string of the molecule is CC(Oc1ccc(Cl)cc1)C(=O)N1CCN(S(=O)(=O)c2ccc(F)cc2)CC1. The molecule has 0 radical (unpaired) electrons. The smallest absolute Gasteiger partial charge is 0.263 e. The molecular weight excluding hydrogens is 407 g/mol. The average Bonchev–Trinajstić information content (AvgIpc) is 2.69. The Morgan fingerprint density at radius 1 is 1.04 bits per heavy atom. The predicted octanol–water partition coefficient (Wildman–Crippen LogP) is 2.78. The van der Waals surface area contributed by atoms with Gasteiger partial charge in [0, 0.05) is 31.2 Å². The third-order valence-corrected chi connectivity index (χ3v) is 6.64. The summed E-state index contributed by atoms with van der Waals surface area (Å²) in [4.78, 5) is 14.2. The Hall–Kier alpha value is -2.16. The minimum atomic E-state index is -3.72. The highest BCUT2D eigenvalue weighted by atomic mass is 35.5.